The van der Waals surface area contributed by atoms with Crippen LogP contribution in [0, 0.1) is 0 Å². The smallest absolute Gasteiger partial charge is 0.323 e. The molecule has 0 amide bonds. The van der Waals surface area contributed by atoms with Crippen LogP contribution in [-0.2, 0) is 29.0 Å². The molecule has 5 rings (SSSR count). The van der Waals surface area contributed by atoms with Gasteiger partial charge in [0.2, 0.25) is 0 Å². The Morgan fingerprint density at radius 2 is 1.96 bits per heavy atom. The number of nitrogens with one attached hydrogen (secondary N) is 2. The van der Waals surface area contributed by atoms with Crippen molar-refractivity contribution < 1.29 is 9.53 Å². The zero-order valence-electron chi connectivity index (χ0n) is 15.6. The normalized spacial score (nSPS) is 21.9. The van der Waals surface area contributed by atoms with Gasteiger partial charge in [-0.25, -0.2) is 0 Å². The van der Waals surface area contributed by atoms with Crippen LogP contribution in [0.3, 0.4) is 0 Å². The van der Waals surface area contributed by atoms with Gasteiger partial charge in [-0.2, -0.15) is 0 Å². The van der Waals surface area contributed by atoms with Crippen LogP contribution in [0.1, 0.15) is 34.0 Å². The van der Waals surface area contributed by atoms with Gasteiger partial charge in [0.25, 0.3) is 0 Å². The molecule has 0 radical (unpaired) electrons. The SMILES string of the molecule is COC(=O)C1Cc2c([nH]c3ccccc23)C(c2ccc3c(c2)CN(C)C3)N1. The van der Waals surface area contributed by atoms with Gasteiger partial charge in [-0.15, -0.1) is 0 Å². The van der Waals surface area contributed by atoms with Crippen molar-refractivity contribution in [2.75, 3.05) is 14.2 Å². The first-order valence-electron chi connectivity index (χ1n) is 9.37. The molecule has 138 valence electrons. The standard InChI is InChI=1S/C22H23N3O2/c1-25-11-14-8-7-13(9-15(14)12-25)20-21-17(10-19(24-20)22(26)27-2)16-5-3-4-6-18(16)23-21/h3-9,19-20,23-24H,10-12H2,1-2H3. The quantitative estimate of drug-likeness (QED) is 0.689. The Bertz CT molecular complexity index is 1040. The number of aromatic amines is 1. The Hall–Kier alpha value is -2.63. The number of aromatic nitrogens is 1. The summed E-state index contributed by atoms with van der Waals surface area (Å²) in [5.41, 5.74) is 7.42. The van der Waals surface area contributed by atoms with E-state index in [1.54, 1.807) is 0 Å². The number of hydrogen-bond acceptors (Lipinski definition) is 4. The highest BCUT2D eigenvalue weighted by Crippen LogP contribution is 2.36. The van der Waals surface area contributed by atoms with Crippen molar-refractivity contribution in [3.8, 4) is 0 Å². The van der Waals surface area contributed by atoms with Crippen LogP contribution in [0.25, 0.3) is 10.9 Å². The van der Waals surface area contributed by atoms with Gasteiger partial charge in [0.15, 0.2) is 0 Å². The number of para-hydroxylation sites is 1. The van der Waals surface area contributed by atoms with Crippen molar-refractivity contribution in [2.24, 2.45) is 0 Å². The second-order valence-electron chi connectivity index (χ2n) is 7.64. The molecule has 2 aliphatic rings. The van der Waals surface area contributed by atoms with E-state index in [9.17, 15) is 4.79 Å². The highest BCUT2D eigenvalue weighted by atomic mass is 16.5. The van der Waals surface area contributed by atoms with Gasteiger partial charge < -0.3 is 9.72 Å². The largest absolute Gasteiger partial charge is 0.468 e. The number of esters is 1. The number of rotatable bonds is 2. The summed E-state index contributed by atoms with van der Waals surface area (Å²) in [7, 11) is 3.59. The fourth-order valence-electron chi connectivity index (χ4n) is 4.56. The maximum atomic E-state index is 12.3. The van der Waals surface area contributed by atoms with E-state index in [4.69, 9.17) is 4.74 Å². The molecule has 2 N–H and O–H groups in total. The number of fused-ring (bicyclic) bond motifs is 4. The maximum Gasteiger partial charge on any atom is 0.323 e. The van der Waals surface area contributed by atoms with Gasteiger partial charge in [-0.05, 0) is 35.4 Å². The molecule has 27 heavy (non-hydrogen) atoms. The first-order chi connectivity index (χ1) is 13.1. The van der Waals surface area contributed by atoms with Crippen LogP contribution in [0.4, 0.5) is 0 Å². The van der Waals surface area contributed by atoms with Crippen molar-refractivity contribution in [1.29, 1.82) is 0 Å². The number of benzene rings is 2. The van der Waals surface area contributed by atoms with Crippen LogP contribution in [-0.4, -0.2) is 36.1 Å². The molecule has 5 heteroatoms. The molecule has 0 saturated heterocycles. The summed E-state index contributed by atoms with van der Waals surface area (Å²) in [4.78, 5) is 18.2. The van der Waals surface area contributed by atoms with Crippen LogP contribution in [0.5, 0.6) is 0 Å². The van der Waals surface area contributed by atoms with Crippen LogP contribution >= 0.6 is 0 Å². The van der Waals surface area contributed by atoms with Crippen LogP contribution in [0.15, 0.2) is 42.5 Å². The number of nitrogens with zero attached hydrogens (tertiary/aromatic N) is 1. The second kappa shape index (κ2) is 6.22. The summed E-state index contributed by atoms with van der Waals surface area (Å²) in [5, 5.41) is 4.71. The lowest BCUT2D eigenvalue weighted by molar-refractivity contribution is -0.143. The van der Waals surface area contributed by atoms with E-state index in [-0.39, 0.29) is 18.1 Å². The van der Waals surface area contributed by atoms with Crippen LogP contribution < -0.4 is 5.32 Å². The maximum absolute atomic E-state index is 12.3. The average molecular weight is 361 g/mol. The molecule has 2 aromatic carbocycles. The second-order valence-corrected chi connectivity index (χ2v) is 7.64. The monoisotopic (exact) mass is 361 g/mol. The molecule has 0 bridgehead atoms. The molecule has 0 spiro atoms. The summed E-state index contributed by atoms with van der Waals surface area (Å²) in [6, 6.07) is 14.6. The minimum atomic E-state index is -0.345. The predicted molar refractivity (Wildman–Crippen MR) is 104 cm³/mol. The van der Waals surface area contributed by atoms with E-state index >= 15 is 0 Å². The average Bonchev–Trinajstić information content (AvgIpc) is 3.25. The molecular formula is C22H23N3O2. The van der Waals surface area contributed by atoms with Gasteiger partial charge in [0, 0.05) is 36.1 Å². The van der Waals surface area contributed by atoms with Gasteiger partial charge in [0.05, 0.1) is 13.2 Å². The molecular weight excluding hydrogens is 338 g/mol. The third-order valence-electron chi connectivity index (χ3n) is 5.84. The lowest BCUT2D eigenvalue weighted by Gasteiger charge is -2.30. The van der Waals surface area contributed by atoms with E-state index in [0.29, 0.717) is 6.42 Å². The summed E-state index contributed by atoms with van der Waals surface area (Å²) in [5.74, 6) is -0.211. The van der Waals surface area contributed by atoms with Gasteiger partial charge in [-0.1, -0.05) is 36.4 Å². The van der Waals surface area contributed by atoms with E-state index in [0.717, 1.165) is 24.3 Å². The molecule has 0 aliphatic carbocycles. The van der Waals surface area contributed by atoms with Crippen molar-refractivity contribution >= 4 is 16.9 Å². The third-order valence-corrected chi connectivity index (χ3v) is 5.84. The Labute approximate surface area is 158 Å². The van der Waals surface area contributed by atoms with Crippen molar-refractivity contribution in [3.63, 3.8) is 0 Å². The molecule has 1 aromatic heterocycles. The summed E-state index contributed by atoms with van der Waals surface area (Å²) < 4.78 is 5.05. The molecule has 2 aliphatic heterocycles. The third kappa shape index (κ3) is 2.66. The molecule has 3 heterocycles. The lowest BCUT2D eigenvalue weighted by Crippen LogP contribution is -2.45. The zero-order valence-corrected chi connectivity index (χ0v) is 15.6. The Morgan fingerprint density at radius 1 is 1.15 bits per heavy atom. The number of ether oxygens (including phenoxy) is 1. The van der Waals surface area contributed by atoms with Gasteiger partial charge >= 0.3 is 5.97 Å². The number of carbonyl (C=O) groups is 1. The Balaban J connectivity index is 1.63. The predicted octanol–water partition coefficient (Wildman–Crippen LogP) is 2.89. The molecule has 5 nitrogen and oxygen atoms in total. The topological polar surface area (TPSA) is 57.4 Å². The molecule has 0 saturated carbocycles. The highest BCUT2D eigenvalue weighted by Gasteiger charge is 2.34. The lowest BCUT2D eigenvalue weighted by atomic mass is 9.89. The van der Waals surface area contributed by atoms with Crippen LogP contribution in [0.2, 0.25) is 0 Å². The van der Waals surface area contributed by atoms with E-state index in [1.165, 1.54) is 34.7 Å². The first-order valence-corrected chi connectivity index (χ1v) is 9.37. The van der Waals surface area contributed by atoms with Gasteiger partial charge in [-0.3, -0.25) is 15.0 Å². The number of hydrogen-bond donors (Lipinski definition) is 2. The summed E-state index contributed by atoms with van der Waals surface area (Å²) in [6.07, 6.45) is 0.635. The van der Waals surface area contributed by atoms with Crippen molar-refractivity contribution in [2.45, 2.75) is 31.6 Å². The number of H-pyrrole nitrogens is 1. The fourth-order valence-corrected chi connectivity index (χ4v) is 4.56. The minimum absolute atomic E-state index is 0.0542. The zero-order chi connectivity index (χ0) is 18.5. The number of carbonyl (C=O) groups excluding carboxylic acids is 1. The number of methoxy groups -OCH3 is 1. The molecule has 3 aromatic rings. The van der Waals surface area contributed by atoms with Crippen molar-refractivity contribution in [3.05, 3.63) is 70.4 Å². The highest BCUT2D eigenvalue weighted by molar-refractivity contribution is 5.87. The first kappa shape index (κ1) is 16.5. The molecule has 2 unspecified atom stereocenters. The fraction of sp³-hybridized carbons (Fsp3) is 0.318. The van der Waals surface area contributed by atoms with E-state index < -0.39 is 0 Å². The molecule has 2 atom stereocenters. The Kier molecular flexibility index (Phi) is 3.81. The summed E-state index contributed by atoms with van der Waals surface area (Å²) in [6.45, 7) is 1.96. The van der Waals surface area contributed by atoms with Crippen molar-refractivity contribution in [1.82, 2.24) is 15.2 Å². The van der Waals surface area contributed by atoms with Gasteiger partial charge in [0.1, 0.15) is 6.04 Å². The van der Waals surface area contributed by atoms with E-state index in [1.807, 2.05) is 12.1 Å². The van der Waals surface area contributed by atoms with E-state index in [2.05, 4.69) is 52.6 Å². The molecule has 0 fully saturated rings. The Morgan fingerprint density at radius 3 is 2.81 bits per heavy atom. The summed E-state index contributed by atoms with van der Waals surface area (Å²) >= 11 is 0. The minimum Gasteiger partial charge on any atom is -0.468 e.